The van der Waals surface area contributed by atoms with Crippen molar-refractivity contribution >= 4 is 45.2 Å². The van der Waals surface area contributed by atoms with E-state index in [0.717, 1.165) is 47.9 Å². The summed E-state index contributed by atoms with van der Waals surface area (Å²) in [5, 5.41) is 12.5. The van der Waals surface area contributed by atoms with E-state index >= 15 is 0 Å². The average Bonchev–Trinajstić information content (AvgIpc) is 3.14. The Morgan fingerprint density at radius 1 is 1.41 bits per heavy atom. The van der Waals surface area contributed by atoms with Crippen LogP contribution in [0.15, 0.2) is 0 Å². The van der Waals surface area contributed by atoms with Gasteiger partial charge >= 0.3 is 0 Å². The summed E-state index contributed by atoms with van der Waals surface area (Å²) >= 11 is 2.36. The molecular weight excluding hydrogens is 382 g/mol. The number of thiophene rings is 1. The third-order valence-corrected chi connectivity index (χ3v) is 7.82. The zero-order chi connectivity index (χ0) is 19.8. The third-order valence-electron chi connectivity index (χ3n) is 5.79. The number of hydrogen-bond donors (Lipinski definition) is 1. The molecule has 6 nitrogen and oxygen atoms in total. The molecule has 0 spiro atoms. The van der Waals surface area contributed by atoms with Gasteiger partial charge in [0.2, 0.25) is 11.8 Å². The fourth-order valence-corrected chi connectivity index (χ4v) is 5.61. The van der Waals surface area contributed by atoms with Gasteiger partial charge < -0.3 is 5.32 Å². The van der Waals surface area contributed by atoms with Crippen molar-refractivity contribution in [1.29, 1.82) is 5.26 Å². The Bertz CT molecular complexity index is 822. The van der Waals surface area contributed by atoms with Gasteiger partial charge in [0, 0.05) is 4.88 Å². The van der Waals surface area contributed by atoms with Crippen molar-refractivity contribution in [3.8, 4) is 6.07 Å². The van der Waals surface area contributed by atoms with Gasteiger partial charge in [-0.1, -0.05) is 39.0 Å². The summed E-state index contributed by atoms with van der Waals surface area (Å²) in [5.41, 5.74) is 1.82. The SMILES string of the molecule is CCC(C)(C)C1CCc2c(sc(NC(=O)CN3C(=O)CSC3=O)c2C#N)C1. The van der Waals surface area contributed by atoms with Crippen LogP contribution in [0.3, 0.4) is 0 Å². The van der Waals surface area contributed by atoms with E-state index in [9.17, 15) is 19.6 Å². The minimum absolute atomic E-state index is 0.0808. The lowest BCUT2D eigenvalue weighted by atomic mass is 9.69. The van der Waals surface area contributed by atoms with Gasteiger partial charge in [0.25, 0.3) is 5.24 Å². The van der Waals surface area contributed by atoms with Gasteiger partial charge in [-0.3, -0.25) is 19.3 Å². The fraction of sp³-hybridized carbons (Fsp3) is 0.579. The van der Waals surface area contributed by atoms with Crippen LogP contribution in [0.25, 0.3) is 0 Å². The largest absolute Gasteiger partial charge is 0.315 e. The number of imide groups is 1. The van der Waals surface area contributed by atoms with Crippen molar-refractivity contribution in [3.63, 3.8) is 0 Å². The highest BCUT2D eigenvalue weighted by atomic mass is 32.2. The number of rotatable bonds is 5. The van der Waals surface area contributed by atoms with Crippen LogP contribution in [0.1, 0.15) is 49.6 Å². The molecule has 1 unspecified atom stereocenters. The fourth-order valence-electron chi connectivity index (χ4n) is 3.59. The number of nitriles is 1. The molecule has 0 radical (unpaired) electrons. The van der Waals surface area contributed by atoms with Crippen molar-refractivity contribution in [3.05, 3.63) is 16.0 Å². The molecule has 0 aromatic carbocycles. The molecule has 0 bridgehead atoms. The molecular formula is C19H23N3O3S2. The van der Waals surface area contributed by atoms with Crippen LogP contribution in [0.4, 0.5) is 9.80 Å². The maximum Gasteiger partial charge on any atom is 0.289 e. The highest BCUT2D eigenvalue weighted by Crippen LogP contribution is 2.45. The minimum Gasteiger partial charge on any atom is -0.315 e. The van der Waals surface area contributed by atoms with Gasteiger partial charge in [0.1, 0.15) is 17.6 Å². The summed E-state index contributed by atoms with van der Waals surface area (Å²) in [6.45, 7) is 6.47. The maximum atomic E-state index is 12.3. The van der Waals surface area contributed by atoms with Crippen LogP contribution in [0.5, 0.6) is 0 Å². The second kappa shape index (κ2) is 7.64. The molecule has 3 rings (SSSR count). The molecule has 8 heteroatoms. The lowest BCUT2D eigenvalue weighted by Gasteiger charge is -2.36. The van der Waals surface area contributed by atoms with Gasteiger partial charge in [-0.05, 0) is 36.2 Å². The van der Waals surface area contributed by atoms with Crippen LogP contribution in [0.2, 0.25) is 0 Å². The van der Waals surface area contributed by atoms with Gasteiger partial charge in [0.05, 0.1) is 11.3 Å². The molecule has 1 aliphatic carbocycles. The maximum absolute atomic E-state index is 12.3. The van der Waals surface area contributed by atoms with E-state index in [1.165, 1.54) is 16.2 Å². The first-order valence-corrected chi connectivity index (χ1v) is 10.9. The quantitative estimate of drug-likeness (QED) is 0.805. The summed E-state index contributed by atoms with van der Waals surface area (Å²) < 4.78 is 0. The van der Waals surface area contributed by atoms with Crippen molar-refractivity contribution in [1.82, 2.24) is 4.90 Å². The number of carbonyl (C=O) groups excluding carboxylic acids is 3. The minimum atomic E-state index is -0.445. The third kappa shape index (κ3) is 3.90. The number of nitrogens with one attached hydrogen (secondary N) is 1. The Morgan fingerprint density at radius 3 is 2.74 bits per heavy atom. The van der Waals surface area contributed by atoms with Crippen molar-refractivity contribution < 1.29 is 14.4 Å². The topological polar surface area (TPSA) is 90.3 Å². The van der Waals surface area contributed by atoms with Crippen LogP contribution in [0, 0.1) is 22.7 Å². The Balaban J connectivity index is 1.76. The first kappa shape index (κ1) is 19.9. The summed E-state index contributed by atoms with van der Waals surface area (Å²) in [7, 11) is 0. The molecule has 1 saturated heterocycles. The zero-order valence-electron chi connectivity index (χ0n) is 15.8. The lowest BCUT2D eigenvalue weighted by Crippen LogP contribution is -2.36. The van der Waals surface area contributed by atoms with Crippen LogP contribution in [-0.4, -0.2) is 34.3 Å². The normalized spacial score (nSPS) is 19.8. The van der Waals surface area contributed by atoms with E-state index in [1.54, 1.807) is 0 Å². The molecule has 144 valence electrons. The molecule has 0 saturated carbocycles. The van der Waals surface area contributed by atoms with Gasteiger partial charge in [-0.25, -0.2) is 0 Å². The number of amides is 3. The van der Waals surface area contributed by atoms with Gasteiger partial charge in [-0.15, -0.1) is 11.3 Å². The number of thioether (sulfide) groups is 1. The Hall–Kier alpha value is -1.85. The zero-order valence-corrected chi connectivity index (χ0v) is 17.4. The molecule has 1 aromatic heterocycles. The molecule has 1 aliphatic heterocycles. The van der Waals surface area contributed by atoms with Crippen molar-refractivity contribution in [2.24, 2.45) is 11.3 Å². The number of fused-ring (bicyclic) bond motifs is 1. The number of hydrogen-bond acceptors (Lipinski definition) is 6. The number of nitrogens with zero attached hydrogens (tertiary/aromatic N) is 2. The van der Waals surface area contributed by atoms with E-state index < -0.39 is 11.1 Å². The first-order valence-electron chi connectivity index (χ1n) is 9.08. The smallest absolute Gasteiger partial charge is 0.289 e. The van der Waals surface area contributed by atoms with Gasteiger partial charge in [0.15, 0.2) is 0 Å². The Labute approximate surface area is 167 Å². The molecule has 2 heterocycles. The summed E-state index contributed by atoms with van der Waals surface area (Å²) in [6.07, 6.45) is 3.91. The first-order chi connectivity index (χ1) is 12.8. The molecule has 1 aromatic rings. The number of anilines is 1. The van der Waals surface area contributed by atoms with Crippen molar-refractivity contribution in [2.75, 3.05) is 17.6 Å². The summed E-state index contributed by atoms with van der Waals surface area (Å²) in [5.74, 6) is -0.159. The summed E-state index contributed by atoms with van der Waals surface area (Å²) in [4.78, 5) is 37.8. The van der Waals surface area contributed by atoms with Crippen molar-refractivity contribution in [2.45, 2.75) is 46.5 Å². The monoisotopic (exact) mass is 405 g/mol. The molecule has 2 aliphatic rings. The van der Waals surface area contributed by atoms with Gasteiger partial charge in [-0.2, -0.15) is 5.26 Å². The molecule has 1 atom stereocenters. The predicted octanol–water partition coefficient (Wildman–Crippen LogP) is 3.79. The highest BCUT2D eigenvalue weighted by Gasteiger charge is 2.35. The second-order valence-corrected chi connectivity index (χ2v) is 9.72. The average molecular weight is 406 g/mol. The predicted molar refractivity (Wildman–Crippen MR) is 107 cm³/mol. The number of carbonyl (C=O) groups is 3. The van der Waals surface area contributed by atoms with E-state index in [4.69, 9.17) is 0 Å². The van der Waals surface area contributed by atoms with Crippen LogP contribution >= 0.6 is 23.1 Å². The van der Waals surface area contributed by atoms with E-state index in [1.807, 2.05) is 0 Å². The molecule has 3 amide bonds. The second-order valence-electron chi connectivity index (χ2n) is 7.68. The molecule has 1 N–H and O–H groups in total. The standard InChI is InChI=1S/C19H23N3O3S2/c1-4-19(2,3)11-5-6-12-13(8-20)17(27-14(12)7-11)21-15(23)9-22-16(24)10-26-18(22)25/h11H,4-7,9-10H2,1-3H3,(H,21,23). The van der Waals surface area contributed by atoms with Crippen LogP contribution < -0.4 is 5.32 Å². The highest BCUT2D eigenvalue weighted by molar-refractivity contribution is 8.14. The van der Waals surface area contributed by atoms with E-state index in [-0.39, 0.29) is 23.6 Å². The molecule has 1 fully saturated rings. The Morgan fingerprint density at radius 2 is 2.15 bits per heavy atom. The van der Waals surface area contributed by atoms with E-state index in [0.29, 0.717) is 16.5 Å². The van der Waals surface area contributed by atoms with Crippen LogP contribution in [-0.2, 0) is 22.4 Å². The lowest BCUT2D eigenvalue weighted by molar-refractivity contribution is -0.128. The molecule has 27 heavy (non-hydrogen) atoms. The summed E-state index contributed by atoms with van der Waals surface area (Å²) in [6, 6.07) is 2.23. The van der Waals surface area contributed by atoms with E-state index in [2.05, 4.69) is 32.2 Å². The Kier molecular flexibility index (Phi) is 5.63.